The quantitative estimate of drug-likeness (QED) is 0.395. The zero-order valence-electron chi connectivity index (χ0n) is 17.4. The Bertz CT molecular complexity index is 1200. The number of benzene rings is 2. The van der Waals surface area contributed by atoms with Gasteiger partial charge in [-0.15, -0.1) is 0 Å². The number of hydrogen-bond donors (Lipinski definition) is 2. The smallest absolute Gasteiger partial charge is 0.286 e. The van der Waals surface area contributed by atoms with Gasteiger partial charge < -0.3 is 19.6 Å². The maximum Gasteiger partial charge on any atom is 0.286 e. The second kappa shape index (κ2) is 9.91. The van der Waals surface area contributed by atoms with Gasteiger partial charge in [0, 0.05) is 19.5 Å². The Morgan fingerprint density at radius 2 is 1.81 bits per heavy atom. The van der Waals surface area contributed by atoms with Crippen LogP contribution < -0.4 is 10.6 Å². The molecule has 2 heterocycles. The van der Waals surface area contributed by atoms with Crippen LogP contribution in [0, 0.1) is 5.82 Å². The van der Waals surface area contributed by atoms with E-state index in [1.54, 1.807) is 24.3 Å². The molecule has 0 aliphatic heterocycles. The minimum atomic E-state index is -0.310. The molecule has 4 aromatic rings. The number of hydrogen-bond acceptors (Lipinski definition) is 4. The number of nitrogens with zero attached hydrogens (tertiary/aromatic N) is 2. The second-order valence-corrected chi connectivity index (χ2v) is 7.34. The van der Waals surface area contributed by atoms with Gasteiger partial charge in [0.1, 0.15) is 18.2 Å². The highest BCUT2D eigenvalue weighted by Gasteiger charge is 2.14. The first-order valence-corrected chi connectivity index (χ1v) is 10.4. The predicted octanol–water partition coefficient (Wildman–Crippen LogP) is 3.45. The van der Waals surface area contributed by atoms with Crippen molar-refractivity contribution in [1.82, 2.24) is 20.2 Å². The van der Waals surface area contributed by atoms with Gasteiger partial charge in [0.05, 0.1) is 17.3 Å². The van der Waals surface area contributed by atoms with Crippen LogP contribution in [0.4, 0.5) is 4.39 Å². The Labute approximate surface area is 184 Å². The summed E-state index contributed by atoms with van der Waals surface area (Å²) in [6, 6.07) is 16.9. The third-order valence-electron chi connectivity index (χ3n) is 5.05. The van der Waals surface area contributed by atoms with Crippen LogP contribution in [-0.4, -0.2) is 27.9 Å². The molecule has 2 N–H and O–H groups in total. The lowest BCUT2D eigenvalue weighted by atomic mass is 10.2. The molecular weight excluding hydrogens is 411 g/mol. The van der Waals surface area contributed by atoms with Gasteiger partial charge in [-0.2, -0.15) is 0 Å². The lowest BCUT2D eigenvalue weighted by Crippen LogP contribution is -2.28. The van der Waals surface area contributed by atoms with Crippen LogP contribution in [0.1, 0.15) is 28.4 Å². The lowest BCUT2D eigenvalue weighted by Gasteiger charge is -2.10. The topological polar surface area (TPSA) is 89.2 Å². The molecule has 0 radical (unpaired) electrons. The number of aryl methyl sites for hydroxylation is 1. The van der Waals surface area contributed by atoms with Crippen LogP contribution >= 0.6 is 0 Å². The minimum absolute atomic E-state index is 0.121. The van der Waals surface area contributed by atoms with E-state index in [9.17, 15) is 14.0 Å². The van der Waals surface area contributed by atoms with E-state index >= 15 is 0 Å². The van der Waals surface area contributed by atoms with Gasteiger partial charge in [0.15, 0.2) is 5.76 Å². The Morgan fingerprint density at radius 3 is 2.59 bits per heavy atom. The monoisotopic (exact) mass is 434 g/mol. The molecule has 0 saturated heterocycles. The lowest BCUT2D eigenvalue weighted by molar-refractivity contribution is -0.121. The van der Waals surface area contributed by atoms with Crippen molar-refractivity contribution in [1.29, 1.82) is 0 Å². The summed E-state index contributed by atoms with van der Waals surface area (Å²) in [4.78, 5) is 29.2. The van der Waals surface area contributed by atoms with Crippen LogP contribution in [-0.2, 0) is 24.3 Å². The molecule has 0 aliphatic carbocycles. The highest BCUT2D eigenvalue weighted by molar-refractivity contribution is 5.91. The van der Waals surface area contributed by atoms with Gasteiger partial charge in [-0.1, -0.05) is 24.3 Å². The molecule has 32 heavy (non-hydrogen) atoms. The number of aromatic nitrogens is 2. The molecule has 2 amide bonds. The Hall–Kier alpha value is -3.94. The highest BCUT2D eigenvalue weighted by Crippen LogP contribution is 2.17. The fourth-order valence-corrected chi connectivity index (χ4v) is 3.44. The number of carbonyl (C=O) groups excluding carboxylic acids is 2. The Kier molecular flexibility index (Phi) is 6.60. The molecule has 0 unspecified atom stereocenters. The van der Waals surface area contributed by atoms with E-state index in [4.69, 9.17) is 4.42 Å². The molecule has 0 fully saturated rings. The molecule has 7 nitrogen and oxygen atoms in total. The summed E-state index contributed by atoms with van der Waals surface area (Å²) in [5.74, 6) is 0.314. The molecule has 4 rings (SSSR count). The van der Waals surface area contributed by atoms with E-state index in [0.717, 1.165) is 22.4 Å². The molecular formula is C24H23FN4O3. The zero-order valence-corrected chi connectivity index (χ0v) is 17.4. The summed E-state index contributed by atoms with van der Waals surface area (Å²) in [6.07, 6.45) is 2.71. The number of halogens is 1. The van der Waals surface area contributed by atoms with Crippen molar-refractivity contribution in [3.05, 3.63) is 89.9 Å². The highest BCUT2D eigenvalue weighted by atomic mass is 19.1. The minimum Gasteiger partial charge on any atom is -0.459 e. The molecule has 0 saturated carbocycles. The normalized spacial score (nSPS) is 10.9. The van der Waals surface area contributed by atoms with Crippen LogP contribution in [0.25, 0.3) is 11.0 Å². The maximum absolute atomic E-state index is 13.0. The van der Waals surface area contributed by atoms with E-state index in [0.29, 0.717) is 25.9 Å². The summed E-state index contributed by atoms with van der Waals surface area (Å²) >= 11 is 0. The van der Waals surface area contributed by atoms with Crippen LogP contribution in [0.3, 0.4) is 0 Å². The van der Waals surface area contributed by atoms with E-state index < -0.39 is 0 Å². The van der Waals surface area contributed by atoms with Gasteiger partial charge in [0.25, 0.3) is 5.91 Å². The van der Waals surface area contributed by atoms with Crippen molar-refractivity contribution < 1.29 is 18.4 Å². The third kappa shape index (κ3) is 5.21. The summed E-state index contributed by atoms with van der Waals surface area (Å²) < 4.78 is 20.0. The van der Waals surface area contributed by atoms with Crippen molar-refractivity contribution >= 4 is 22.8 Å². The summed E-state index contributed by atoms with van der Waals surface area (Å²) in [6.45, 7) is 0.898. The first kappa shape index (κ1) is 21.3. The van der Waals surface area contributed by atoms with Crippen LogP contribution in [0.15, 0.2) is 71.3 Å². The summed E-state index contributed by atoms with van der Waals surface area (Å²) in [7, 11) is 0. The number of para-hydroxylation sites is 2. The Morgan fingerprint density at radius 1 is 1.00 bits per heavy atom. The summed E-state index contributed by atoms with van der Waals surface area (Å²) in [5, 5.41) is 5.69. The number of nitrogens with one attached hydrogen (secondary N) is 2. The molecule has 164 valence electrons. The average molecular weight is 434 g/mol. The zero-order chi connectivity index (χ0) is 22.3. The van der Waals surface area contributed by atoms with Crippen molar-refractivity contribution in [3.8, 4) is 0 Å². The molecule has 2 aromatic heterocycles. The number of furan rings is 1. The summed E-state index contributed by atoms with van der Waals surface area (Å²) in [5.41, 5.74) is 2.51. The number of carbonyl (C=O) groups is 2. The first-order chi connectivity index (χ1) is 15.6. The molecule has 0 bridgehead atoms. The van der Waals surface area contributed by atoms with Crippen molar-refractivity contribution in [2.45, 2.75) is 25.9 Å². The first-order valence-electron chi connectivity index (χ1n) is 10.4. The predicted molar refractivity (Wildman–Crippen MR) is 117 cm³/mol. The number of amides is 2. The van der Waals surface area contributed by atoms with E-state index in [1.165, 1.54) is 18.4 Å². The standard InChI is InChI=1S/C24H23FN4O3/c25-18-11-9-17(10-12-18)15-27-23(30)16-29-20-6-2-1-5-19(20)28-22(29)8-3-13-26-24(31)21-7-4-14-32-21/h1-2,4-7,9-12,14H,3,8,13,15-16H2,(H,26,31)(H,27,30). The second-order valence-electron chi connectivity index (χ2n) is 7.34. The van der Waals surface area contributed by atoms with Gasteiger partial charge in [-0.25, -0.2) is 9.37 Å². The van der Waals surface area contributed by atoms with Gasteiger partial charge in [-0.3, -0.25) is 9.59 Å². The van der Waals surface area contributed by atoms with Crippen LogP contribution in [0.5, 0.6) is 0 Å². The van der Waals surface area contributed by atoms with Crippen molar-refractivity contribution in [2.75, 3.05) is 6.54 Å². The number of rotatable bonds is 9. The third-order valence-corrected chi connectivity index (χ3v) is 5.05. The number of fused-ring (bicyclic) bond motifs is 1. The molecule has 0 aliphatic rings. The van der Waals surface area contributed by atoms with Gasteiger partial charge >= 0.3 is 0 Å². The molecule has 0 spiro atoms. The fraction of sp³-hybridized carbons (Fsp3) is 0.208. The maximum atomic E-state index is 13.0. The van der Waals surface area contributed by atoms with Crippen LogP contribution in [0.2, 0.25) is 0 Å². The molecule has 8 heteroatoms. The molecule has 2 aromatic carbocycles. The SMILES string of the molecule is O=C(Cn1c(CCCNC(=O)c2ccco2)nc2ccccc21)NCc1ccc(F)cc1. The molecule has 0 atom stereocenters. The van der Waals surface area contributed by atoms with Gasteiger partial charge in [0.2, 0.25) is 5.91 Å². The van der Waals surface area contributed by atoms with Crippen molar-refractivity contribution in [2.24, 2.45) is 0 Å². The average Bonchev–Trinajstić information content (AvgIpc) is 3.45. The van der Waals surface area contributed by atoms with E-state index in [-0.39, 0.29) is 29.9 Å². The van der Waals surface area contributed by atoms with Crippen molar-refractivity contribution in [3.63, 3.8) is 0 Å². The van der Waals surface area contributed by atoms with E-state index in [1.807, 2.05) is 28.8 Å². The Balaban J connectivity index is 1.37. The largest absolute Gasteiger partial charge is 0.459 e. The number of imidazole rings is 1. The van der Waals surface area contributed by atoms with Gasteiger partial charge in [-0.05, 0) is 48.4 Å². The fourth-order valence-electron chi connectivity index (χ4n) is 3.44. The van der Waals surface area contributed by atoms with E-state index in [2.05, 4.69) is 15.6 Å².